The molecule has 2 rings (SSSR count). The molecular weight excluding hydrogens is 334 g/mol. The van der Waals surface area contributed by atoms with Gasteiger partial charge in [0.25, 0.3) is 5.91 Å². The molecule has 0 saturated carbocycles. The first-order chi connectivity index (χ1) is 12.1. The molecule has 0 aromatic heterocycles. The first-order valence-electron chi connectivity index (χ1n) is 8.80. The molecule has 142 valence electrons. The van der Waals surface area contributed by atoms with E-state index in [9.17, 15) is 19.5 Å². The van der Waals surface area contributed by atoms with Crippen LogP contribution in [0.2, 0.25) is 0 Å². The molecule has 1 aliphatic heterocycles. The number of carbonyl (C=O) groups excluding carboxylic acids is 2. The van der Waals surface area contributed by atoms with Crippen LogP contribution in [0.15, 0.2) is 18.2 Å². The van der Waals surface area contributed by atoms with Gasteiger partial charge in [-0.1, -0.05) is 13.8 Å². The summed E-state index contributed by atoms with van der Waals surface area (Å²) in [5.74, 6) is -0.659. The van der Waals surface area contributed by atoms with E-state index in [4.69, 9.17) is 0 Å². The average Bonchev–Trinajstić information content (AvgIpc) is 2.98. The zero-order valence-electron chi connectivity index (χ0n) is 15.8. The molecule has 1 saturated heterocycles. The van der Waals surface area contributed by atoms with Gasteiger partial charge in [0, 0.05) is 30.9 Å². The Kier molecular flexibility index (Phi) is 5.90. The summed E-state index contributed by atoms with van der Waals surface area (Å²) in [4.78, 5) is 37.3. The van der Waals surface area contributed by atoms with Crippen molar-refractivity contribution in [2.45, 2.75) is 34.1 Å². The van der Waals surface area contributed by atoms with Crippen molar-refractivity contribution in [3.8, 4) is 0 Å². The Balaban J connectivity index is 2.01. The molecule has 3 N–H and O–H groups in total. The highest BCUT2D eigenvalue weighted by molar-refractivity contribution is 5.96. The quantitative estimate of drug-likeness (QED) is 0.751. The molecule has 7 nitrogen and oxygen atoms in total. The average molecular weight is 361 g/mol. The maximum Gasteiger partial charge on any atom is 0.321 e. The van der Waals surface area contributed by atoms with Crippen LogP contribution in [-0.4, -0.2) is 47.5 Å². The lowest BCUT2D eigenvalue weighted by Gasteiger charge is -2.21. The van der Waals surface area contributed by atoms with Crippen LogP contribution in [0, 0.1) is 18.3 Å². The van der Waals surface area contributed by atoms with Crippen LogP contribution in [-0.2, 0) is 4.79 Å². The molecule has 1 aromatic rings. The fourth-order valence-corrected chi connectivity index (χ4v) is 2.85. The second-order valence-electron chi connectivity index (χ2n) is 7.60. The van der Waals surface area contributed by atoms with Crippen LogP contribution in [0.25, 0.3) is 0 Å². The van der Waals surface area contributed by atoms with E-state index < -0.39 is 11.4 Å². The number of rotatable bonds is 5. The van der Waals surface area contributed by atoms with Crippen LogP contribution in [0.3, 0.4) is 0 Å². The Labute approximate surface area is 153 Å². The van der Waals surface area contributed by atoms with Gasteiger partial charge in [0.1, 0.15) is 0 Å². The predicted octanol–water partition coefficient (Wildman–Crippen LogP) is 2.71. The number of likely N-dealkylation sites (tertiary alicyclic amines) is 1. The maximum atomic E-state index is 12.4. The number of anilines is 1. The molecule has 1 atom stereocenters. The fourth-order valence-electron chi connectivity index (χ4n) is 2.85. The first kappa shape index (κ1) is 19.8. The summed E-state index contributed by atoms with van der Waals surface area (Å²) in [6, 6.07) is 4.78. The van der Waals surface area contributed by atoms with Crippen LogP contribution < -0.4 is 10.6 Å². The molecule has 1 fully saturated rings. The lowest BCUT2D eigenvalue weighted by molar-refractivity contribution is -0.146. The predicted molar refractivity (Wildman–Crippen MR) is 99.3 cm³/mol. The summed E-state index contributed by atoms with van der Waals surface area (Å²) >= 11 is 0. The number of nitrogens with zero attached hydrogens (tertiary/aromatic N) is 1. The van der Waals surface area contributed by atoms with Crippen molar-refractivity contribution < 1.29 is 19.5 Å². The normalized spacial score (nSPS) is 19.5. The summed E-state index contributed by atoms with van der Waals surface area (Å²) in [6.45, 7) is 8.72. The van der Waals surface area contributed by atoms with Crippen molar-refractivity contribution >= 4 is 23.6 Å². The molecule has 1 aromatic carbocycles. The van der Waals surface area contributed by atoms with Crippen LogP contribution in [0.1, 0.15) is 43.1 Å². The molecule has 0 spiro atoms. The zero-order chi connectivity index (χ0) is 19.5. The van der Waals surface area contributed by atoms with Crippen molar-refractivity contribution in [3.05, 3.63) is 29.3 Å². The number of amides is 3. The van der Waals surface area contributed by atoms with Crippen molar-refractivity contribution in [2.24, 2.45) is 11.3 Å². The van der Waals surface area contributed by atoms with Crippen LogP contribution >= 0.6 is 0 Å². The van der Waals surface area contributed by atoms with Gasteiger partial charge in [0.05, 0.1) is 5.41 Å². The second kappa shape index (κ2) is 7.76. The Morgan fingerprint density at radius 2 is 2.00 bits per heavy atom. The van der Waals surface area contributed by atoms with Gasteiger partial charge in [-0.05, 0) is 49.9 Å². The maximum absolute atomic E-state index is 12.4. The van der Waals surface area contributed by atoms with E-state index in [-0.39, 0.29) is 18.5 Å². The Bertz CT molecular complexity index is 717. The monoisotopic (exact) mass is 361 g/mol. The Morgan fingerprint density at radius 3 is 2.54 bits per heavy atom. The molecule has 1 aliphatic rings. The number of aryl methyl sites for hydroxylation is 1. The number of carboxylic acids is 1. The molecule has 3 amide bonds. The van der Waals surface area contributed by atoms with E-state index in [2.05, 4.69) is 10.6 Å². The van der Waals surface area contributed by atoms with E-state index in [1.165, 1.54) is 4.90 Å². The van der Waals surface area contributed by atoms with E-state index in [0.29, 0.717) is 36.7 Å². The van der Waals surface area contributed by atoms with E-state index >= 15 is 0 Å². The van der Waals surface area contributed by atoms with Gasteiger partial charge in [0.15, 0.2) is 0 Å². The minimum absolute atomic E-state index is 0.142. The van der Waals surface area contributed by atoms with E-state index in [1.54, 1.807) is 25.1 Å². The number of carboxylic acid groups (broad SMARTS) is 1. The van der Waals surface area contributed by atoms with Crippen molar-refractivity contribution in [3.63, 3.8) is 0 Å². The van der Waals surface area contributed by atoms with Gasteiger partial charge in [-0.15, -0.1) is 0 Å². The number of aliphatic carboxylic acids is 1. The Morgan fingerprint density at radius 1 is 1.31 bits per heavy atom. The minimum Gasteiger partial charge on any atom is -0.481 e. The fraction of sp³-hybridized carbons (Fsp3) is 0.526. The van der Waals surface area contributed by atoms with Crippen molar-refractivity contribution in [2.75, 3.05) is 25.0 Å². The molecule has 0 bridgehead atoms. The third kappa shape index (κ3) is 4.53. The van der Waals surface area contributed by atoms with Gasteiger partial charge < -0.3 is 20.6 Å². The lowest BCUT2D eigenvalue weighted by atomic mass is 9.90. The summed E-state index contributed by atoms with van der Waals surface area (Å²) in [6.07, 6.45) is 0.434. The summed E-state index contributed by atoms with van der Waals surface area (Å²) < 4.78 is 0. The summed E-state index contributed by atoms with van der Waals surface area (Å²) in [5, 5.41) is 14.9. The summed E-state index contributed by atoms with van der Waals surface area (Å²) in [5.41, 5.74) is 1.03. The number of benzene rings is 1. The highest BCUT2D eigenvalue weighted by Gasteiger charge is 2.42. The smallest absolute Gasteiger partial charge is 0.321 e. The number of hydrogen-bond acceptors (Lipinski definition) is 3. The Hall–Kier alpha value is -2.57. The molecule has 1 unspecified atom stereocenters. The molecule has 7 heteroatoms. The van der Waals surface area contributed by atoms with Gasteiger partial charge in [0.2, 0.25) is 0 Å². The topological polar surface area (TPSA) is 98.7 Å². The third-order valence-electron chi connectivity index (χ3n) is 4.68. The molecule has 26 heavy (non-hydrogen) atoms. The molecular formula is C19H27N3O4. The van der Waals surface area contributed by atoms with Crippen molar-refractivity contribution in [1.29, 1.82) is 0 Å². The van der Waals surface area contributed by atoms with E-state index in [0.717, 1.165) is 5.56 Å². The molecule has 0 aliphatic carbocycles. The van der Waals surface area contributed by atoms with Crippen LogP contribution in [0.4, 0.5) is 10.5 Å². The van der Waals surface area contributed by atoms with Gasteiger partial charge in [-0.25, -0.2) is 4.79 Å². The highest BCUT2D eigenvalue weighted by Crippen LogP contribution is 2.30. The van der Waals surface area contributed by atoms with Gasteiger partial charge in [-0.3, -0.25) is 9.59 Å². The van der Waals surface area contributed by atoms with Gasteiger partial charge in [-0.2, -0.15) is 0 Å². The standard InChI is InChI=1S/C19H27N3O4/c1-12(2)10-20-16(23)14-5-6-15(13(3)9-14)21-18(26)22-8-7-19(4,11-22)17(24)25/h5-6,9,12H,7-8,10-11H2,1-4H3,(H,20,23)(H,21,26)(H,24,25). The van der Waals surface area contributed by atoms with Crippen molar-refractivity contribution in [1.82, 2.24) is 10.2 Å². The molecule has 0 radical (unpaired) electrons. The number of urea groups is 1. The largest absolute Gasteiger partial charge is 0.481 e. The van der Waals surface area contributed by atoms with Gasteiger partial charge >= 0.3 is 12.0 Å². The third-order valence-corrected chi connectivity index (χ3v) is 4.68. The first-order valence-corrected chi connectivity index (χ1v) is 8.80. The number of nitrogens with one attached hydrogen (secondary N) is 2. The van der Waals surface area contributed by atoms with E-state index in [1.807, 2.05) is 20.8 Å². The highest BCUT2D eigenvalue weighted by atomic mass is 16.4. The molecule has 1 heterocycles. The number of hydrogen-bond donors (Lipinski definition) is 3. The second-order valence-corrected chi connectivity index (χ2v) is 7.60. The SMILES string of the molecule is Cc1cc(C(=O)NCC(C)C)ccc1NC(=O)N1CCC(C)(C(=O)O)C1. The zero-order valence-corrected chi connectivity index (χ0v) is 15.8. The van der Waals surface area contributed by atoms with Crippen LogP contribution in [0.5, 0.6) is 0 Å². The number of carbonyl (C=O) groups is 3. The lowest BCUT2D eigenvalue weighted by Crippen LogP contribution is -2.37. The minimum atomic E-state index is -0.898. The summed E-state index contributed by atoms with van der Waals surface area (Å²) in [7, 11) is 0.